The molecule has 0 aromatic heterocycles. The Labute approximate surface area is 213 Å². The van der Waals surface area contributed by atoms with Crippen LogP contribution in [0.1, 0.15) is 29.5 Å². The predicted octanol–water partition coefficient (Wildman–Crippen LogP) is 4.51. The number of nitrogens with two attached hydrogens (primary N) is 1. The molecule has 0 atom stereocenters. The Bertz CT molecular complexity index is 1200. The lowest BCUT2D eigenvalue weighted by Gasteiger charge is -2.18. The molecule has 4 N–H and O–H groups in total. The summed E-state index contributed by atoms with van der Waals surface area (Å²) < 4.78 is 13.1. The van der Waals surface area contributed by atoms with E-state index in [1.54, 1.807) is 0 Å². The lowest BCUT2D eigenvalue weighted by Crippen LogP contribution is -2.31. The Morgan fingerprint density at radius 2 is 1.57 bits per heavy atom. The van der Waals surface area contributed by atoms with Crippen LogP contribution < -0.4 is 25.8 Å². The van der Waals surface area contributed by atoms with Crippen LogP contribution in [0.15, 0.2) is 65.1 Å². The van der Waals surface area contributed by atoms with Gasteiger partial charge in [0.05, 0.1) is 10.2 Å². The second kappa shape index (κ2) is 11.8. The number of fused-ring (bicyclic) bond motifs is 11. The van der Waals surface area contributed by atoms with Gasteiger partial charge in [-0.15, -0.1) is 0 Å². The van der Waals surface area contributed by atoms with E-state index < -0.39 is 0 Å². The van der Waals surface area contributed by atoms with Crippen molar-refractivity contribution in [2.45, 2.75) is 32.3 Å². The molecule has 5 rings (SSSR count). The molecule has 0 fully saturated rings. The van der Waals surface area contributed by atoms with Gasteiger partial charge < -0.3 is 25.8 Å². The minimum absolute atomic E-state index is 0.0992. The molecule has 0 unspecified atom stereocenters. The van der Waals surface area contributed by atoms with Gasteiger partial charge in [-0.05, 0) is 69.7 Å². The summed E-state index contributed by atoms with van der Waals surface area (Å²) in [4.78, 5) is 24.2. The fraction of sp³-hybridized carbons (Fsp3) is 0.259. The number of carbonyl (C=O) groups excluding carboxylic acids is 2. The molecule has 0 aliphatic carbocycles. The maximum absolute atomic E-state index is 12.1. The number of aryl methyl sites for hydroxylation is 1. The highest BCUT2D eigenvalue weighted by Crippen LogP contribution is 2.41. The van der Waals surface area contributed by atoms with Gasteiger partial charge in [0.1, 0.15) is 6.61 Å². The number of hydrogen-bond acceptors (Lipinski definition) is 5. The van der Waals surface area contributed by atoms with Crippen molar-refractivity contribution in [2.24, 2.45) is 0 Å². The van der Waals surface area contributed by atoms with E-state index in [1.165, 1.54) is 0 Å². The summed E-state index contributed by atoms with van der Waals surface area (Å²) >= 11 is 3.63. The third-order valence-electron chi connectivity index (χ3n) is 5.64. The lowest BCUT2D eigenvalue weighted by atomic mass is 10.1. The highest BCUT2D eigenvalue weighted by atomic mass is 79.9. The van der Waals surface area contributed by atoms with Gasteiger partial charge in [-0.2, -0.15) is 0 Å². The van der Waals surface area contributed by atoms with E-state index in [1.807, 2.05) is 60.7 Å². The SMILES string of the molecule is Nc1cc2ccc1Oc1cc(cc(Br)c1OCc1ccccc1)CCNC(=O)CCNC(=O)CC2. The molecule has 3 aromatic carbocycles. The van der Waals surface area contributed by atoms with Gasteiger partial charge in [-0.3, -0.25) is 9.59 Å². The zero-order valence-corrected chi connectivity index (χ0v) is 20.9. The first-order valence-electron chi connectivity index (χ1n) is 11.6. The number of anilines is 1. The fourth-order valence-electron chi connectivity index (χ4n) is 3.77. The molecule has 2 amide bonds. The Morgan fingerprint density at radius 1 is 0.829 bits per heavy atom. The normalized spacial score (nSPS) is 14.8. The maximum atomic E-state index is 12.1. The number of amides is 2. The minimum Gasteiger partial charge on any atom is -0.484 e. The summed E-state index contributed by atoms with van der Waals surface area (Å²) in [7, 11) is 0. The van der Waals surface area contributed by atoms with E-state index in [9.17, 15) is 9.59 Å². The monoisotopic (exact) mass is 537 g/mol. The first-order valence-corrected chi connectivity index (χ1v) is 12.4. The van der Waals surface area contributed by atoms with Gasteiger partial charge in [0.25, 0.3) is 0 Å². The first kappa shape index (κ1) is 24.6. The number of rotatable bonds is 3. The topological polar surface area (TPSA) is 103 Å². The van der Waals surface area contributed by atoms with E-state index in [0.717, 1.165) is 21.2 Å². The minimum atomic E-state index is -0.104. The molecule has 2 aliphatic rings. The summed E-state index contributed by atoms with van der Waals surface area (Å²) in [6.07, 6.45) is 1.68. The fourth-order valence-corrected chi connectivity index (χ4v) is 4.38. The van der Waals surface area contributed by atoms with Crippen LogP contribution in [0.2, 0.25) is 0 Å². The molecule has 4 bridgehead atoms. The number of halogens is 1. The van der Waals surface area contributed by atoms with Gasteiger partial charge >= 0.3 is 0 Å². The van der Waals surface area contributed by atoms with Crippen LogP contribution in [0.4, 0.5) is 5.69 Å². The smallest absolute Gasteiger partial charge is 0.221 e. The number of benzene rings is 3. The van der Waals surface area contributed by atoms with Crippen LogP contribution in [-0.4, -0.2) is 24.9 Å². The van der Waals surface area contributed by atoms with E-state index >= 15 is 0 Å². The standard InChI is InChI=1S/C27H28BrN3O4/c28-21-14-20-10-12-30-26(33)11-13-31-25(32)9-7-18-6-8-23(22(29)15-18)35-24(16-20)27(21)34-17-19-4-2-1-3-5-19/h1-6,8,14-16H,7,9-13,17,29H2,(H,30,33)(H,31,32). The van der Waals surface area contributed by atoms with Crippen LogP contribution in [-0.2, 0) is 29.0 Å². The van der Waals surface area contributed by atoms with Gasteiger partial charge in [-0.25, -0.2) is 0 Å². The van der Waals surface area contributed by atoms with Crippen molar-refractivity contribution in [3.63, 3.8) is 0 Å². The second-order valence-electron chi connectivity index (χ2n) is 8.35. The zero-order chi connectivity index (χ0) is 24.6. The molecule has 2 heterocycles. The number of hydrogen-bond donors (Lipinski definition) is 3. The first-order chi connectivity index (χ1) is 17.0. The Hall–Kier alpha value is -3.52. The summed E-state index contributed by atoms with van der Waals surface area (Å²) in [5.74, 6) is 1.39. The Morgan fingerprint density at radius 3 is 2.34 bits per heavy atom. The number of carbonyl (C=O) groups is 2. The number of nitrogens with one attached hydrogen (secondary N) is 2. The van der Waals surface area contributed by atoms with E-state index in [0.29, 0.717) is 61.9 Å². The molecule has 182 valence electrons. The van der Waals surface area contributed by atoms with E-state index in [2.05, 4.69) is 26.6 Å². The van der Waals surface area contributed by atoms with Crippen LogP contribution >= 0.6 is 15.9 Å². The van der Waals surface area contributed by atoms with E-state index in [-0.39, 0.29) is 18.2 Å². The summed E-state index contributed by atoms with van der Waals surface area (Å²) in [5.41, 5.74) is 9.71. The molecular weight excluding hydrogens is 510 g/mol. The Balaban J connectivity index is 1.64. The molecule has 0 radical (unpaired) electrons. The third kappa shape index (κ3) is 6.99. The molecule has 7 nitrogen and oxygen atoms in total. The highest BCUT2D eigenvalue weighted by Gasteiger charge is 2.16. The number of nitrogen functional groups attached to an aromatic ring is 1. The number of ether oxygens (including phenoxy) is 2. The average molecular weight is 538 g/mol. The molecule has 2 aliphatic heterocycles. The van der Waals surface area contributed by atoms with Crippen LogP contribution in [0.5, 0.6) is 17.2 Å². The molecule has 0 saturated heterocycles. The highest BCUT2D eigenvalue weighted by molar-refractivity contribution is 9.10. The summed E-state index contributed by atoms with van der Waals surface area (Å²) in [6, 6.07) is 19.3. The van der Waals surface area contributed by atoms with Gasteiger partial charge in [0.15, 0.2) is 17.2 Å². The van der Waals surface area contributed by atoms with E-state index in [4.69, 9.17) is 15.2 Å². The van der Waals surface area contributed by atoms with Crippen molar-refractivity contribution < 1.29 is 19.1 Å². The van der Waals surface area contributed by atoms with Crippen molar-refractivity contribution in [2.75, 3.05) is 18.8 Å². The maximum Gasteiger partial charge on any atom is 0.221 e. The van der Waals surface area contributed by atoms with Crippen molar-refractivity contribution >= 4 is 33.4 Å². The Kier molecular flexibility index (Phi) is 8.26. The largest absolute Gasteiger partial charge is 0.484 e. The summed E-state index contributed by atoms with van der Waals surface area (Å²) in [6.45, 7) is 1.14. The van der Waals surface area contributed by atoms with Crippen LogP contribution in [0.25, 0.3) is 0 Å². The quantitative estimate of drug-likeness (QED) is 0.426. The van der Waals surface area contributed by atoms with Crippen molar-refractivity contribution in [3.8, 4) is 17.2 Å². The molecule has 0 spiro atoms. The molecule has 0 saturated carbocycles. The van der Waals surface area contributed by atoms with Crippen LogP contribution in [0.3, 0.4) is 0 Å². The second-order valence-corrected chi connectivity index (χ2v) is 9.21. The van der Waals surface area contributed by atoms with Crippen molar-refractivity contribution in [3.05, 3.63) is 81.8 Å². The van der Waals surface area contributed by atoms with Gasteiger partial charge in [0.2, 0.25) is 11.8 Å². The summed E-state index contributed by atoms with van der Waals surface area (Å²) in [5, 5.41) is 5.69. The molecule has 8 heteroatoms. The average Bonchev–Trinajstić information content (AvgIpc) is 2.84. The van der Waals surface area contributed by atoms with Crippen molar-refractivity contribution in [1.29, 1.82) is 0 Å². The molecular formula is C27H28BrN3O4. The molecule has 35 heavy (non-hydrogen) atoms. The molecule has 3 aromatic rings. The van der Waals surface area contributed by atoms with Crippen molar-refractivity contribution in [1.82, 2.24) is 10.6 Å². The van der Waals surface area contributed by atoms with Gasteiger partial charge in [-0.1, -0.05) is 36.4 Å². The van der Waals surface area contributed by atoms with Crippen LogP contribution in [0, 0.1) is 0 Å². The third-order valence-corrected chi connectivity index (χ3v) is 6.23. The van der Waals surface area contributed by atoms with Gasteiger partial charge in [0, 0.05) is 25.9 Å². The zero-order valence-electron chi connectivity index (χ0n) is 19.3. The predicted molar refractivity (Wildman–Crippen MR) is 139 cm³/mol. The lowest BCUT2D eigenvalue weighted by molar-refractivity contribution is -0.122.